The van der Waals surface area contributed by atoms with Crippen LogP contribution < -0.4 is 4.74 Å². The number of benzene rings is 1. The highest BCUT2D eigenvalue weighted by Gasteiger charge is 2.27. The van der Waals surface area contributed by atoms with E-state index < -0.39 is 6.10 Å². The highest BCUT2D eigenvalue weighted by Crippen LogP contribution is 2.34. The third-order valence-corrected chi connectivity index (χ3v) is 3.06. The monoisotopic (exact) mass is 242 g/mol. The minimum absolute atomic E-state index is 0.146. The molecule has 2 atom stereocenters. The van der Waals surface area contributed by atoms with E-state index in [1.54, 1.807) is 25.3 Å². The molecule has 0 aromatic heterocycles. The van der Waals surface area contributed by atoms with E-state index in [1.165, 1.54) is 0 Å². The largest absolute Gasteiger partial charge is 0.496 e. The van der Waals surface area contributed by atoms with Gasteiger partial charge in [0.1, 0.15) is 11.9 Å². The van der Waals surface area contributed by atoms with E-state index in [2.05, 4.69) is 0 Å². The maximum absolute atomic E-state index is 10.2. The standard InChI is InChI=1S/C12H15ClO3/c1-15-10-5-4-8(13)7-9(10)12(14)11-3-2-6-16-11/h4-5,7,11-12,14H,2-3,6H2,1H3. The second-order valence-electron chi connectivity index (χ2n) is 3.88. The maximum Gasteiger partial charge on any atom is 0.124 e. The van der Waals surface area contributed by atoms with Crippen LogP contribution in [0.5, 0.6) is 5.75 Å². The van der Waals surface area contributed by atoms with Crippen molar-refractivity contribution in [1.82, 2.24) is 0 Å². The van der Waals surface area contributed by atoms with Gasteiger partial charge >= 0.3 is 0 Å². The molecule has 1 N–H and O–H groups in total. The van der Waals surface area contributed by atoms with Crippen LogP contribution >= 0.6 is 11.6 Å². The van der Waals surface area contributed by atoms with E-state index in [1.807, 2.05) is 0 Å². The average molecular weight is 243 g/mol. The fourth-order valence-electron chi connectivity index (χ4n) is 1.99. The fraction of sp³-hybridized carbons (Fsp3) is 0.500. The molecule has 2 rings (SSSR count). The molecule has 0 bridgehead atoms. The van der Waals surface area contributed by atoms with E-state index in [0.29, 0.717) is 22.9 Å². The van der Waals surface area contributed by atoms with Gasteiger partial charge in [0, 0.05) is 17.2 Å². The fourth-order valence-corrected chi connectivity index (χ4v) is 2.17. The molecule has 88 valence electrons. The van der Waals surface area contributed by atoms with Gasteiger partial charge in [-0.05, 0) is 31.0 Å². The summed E-state index contributed by atoms with van der Waals surface area (Å²) in [6.45, 7) is 0.713. The Morgan fingerprint density at radius 2 is 2.38 bits per heavy atom. The highest BCUT2D eigenvalue weighted by molar-refractivity contribution is 6.30. The van der Waals surface area contributed by atoms with Crippen LogP contribution in [-0.4, -0.2) is 24.9 Å². The zero-order valence-electron chi connectivity index (χ0n) is 9.15. The smallest absolute Gasteiger partial charge is 0.124 e. The van der Waals surface area contributed by atoms with Crippen molar-refractivity contribution in [2.24, 2.45) is 0 Å². The summed E-state index contributed by atoms with van der Waals surface area (Å²) in [6.07, 6.45) is 1.05. The molecule has 0 aliphatic carbocycles. The van der Waals surface area contributed by atoms with Gasteiger partial charge in [-0.15, -0.1) is 0 Å². The van der Waals surface area contributed by atoms with Gasteiger partial charge in [0.25, 0.3) is 0 Å². The van der Waals surface area contributed by atoms with Gasteiger partial charge in [-0.1, -0.05) is 11.6 Å². The lowest BCUT2D eigenvalue weighted by atomic mass is 10.0. The molecule has 1 aromatic rings. The summed E-state index contributed by atoms with van der Waals surface area (Å²) in [5.41, 5.74) is 0.696. The van der Waals surface area contributed by atoms with Gasteiger partial charge in [-0.2, -0.15) is 0 Å². The van der Waals surface area contributed by atoms with Gasteiger partial charge in [0.05, 0.1) is 13.2 Å². The molecule has 0 saturated carbocycles. The molecule has 4 heteroatoms. The Bertz CT molecular complexity index is 361. The van der Waals surface area contributed by atoms with Crippen molar-refractivity contribution in [2.75, 3.05) is 13.7 Å². The number of rotatable bonds is 3. The van der Waals surface area contributed by atoms with Crippen molar-refractivity contribution >= 4 is 11.6 Å². The molecule has 16 heavy (non-hydrogen) atoms. The Morgan fingerprint density at radius 1 is 1.56 bits per heavy atom. The minimum atomic E-state index is -0.670. The summed E-state index contributed by atoms with van der Waals surface area (Å²) < 4.78 is 10.7. The molecule has 1 saturated heterocycles. The molecule has 1 fully saturated rings. The summed E-state index contributed by atoms with van der Waals surface area (Å²) in [6, 6.07) is 5.23. The van der Waals surface area contributed by atoms with E-state index in [9.17, 15) is 5.11 Å². The zero-order chi connectivity index (χ0) is 11.5. The first-order valence-electron chi connectivity index (χ1n) is 5.35. The number of hydrogen-bond acceptors (Lipinski definition) is 3. The van der Waals surface area contributed by atoms with Crippen molar-refractivity contribution in [3.8, 4) is 5.75 Å². The number of aliphatic hydroxyl groups is 1. The van der Waals surface area contributed by atoms with E-state index >= 15 is 0 Å². The van der Waals surface area contributed by atoms with Gasteiger partial charge in [-0.3, -0.25) is 0 Å². The van der Waals surface area contributed by atoms with Gasteiger partial charge in [-0.25, -0.2) is 0 Å². The van der Waals surface area contributed by atoms with Crippen LogP contribution in [-0.2, 0) is 4.74 Å². The van der Waals surface area contributed by atoms with Crippen molar-refractivity contribution in [2.45, 2.75) is 25.0 Å². The van der Waals surface area contributed by atoms with Crippen LogP contribution in [0, 0.1) is 0 Å². The predicted octanol–water partition coefficient (Wildman–Crippen LogP) is 2.56. The maximum atomic E-state index is 10.2. The van der Waals surface area contributed by atoms with E-state index in [-0.39, 0.29) is 6.10 Å². The number of halogens is 1. The van der Waals surface area contributed by atoms with Crippen LogP contribution in [0.2, 0.25) is 5.02 Å². The third-order valence-electron chi connectivity index (χ3n) is 2.83. The normalized spacial score (nSPS) is 22.1. The lowest BCUT2D eigenvalue weighted by Crippen LogP contribution is -2.17. The number of ether oxygens (including phenoxy) is 2. The van der Waals surface area contributed by atoms with Gasteiger partial charge < -0.3 is 14.6 Å². The second kappa shape index (κ2) is 5.04. The lowest BCUT2D eigenvalue weighted by molar-refractivity contribution is -0.00362. The minimum Gasteiger partial charge on any atom is -0.496 e. The predicted molar refractivity (Wildman–Crippen MR) is 61.9 cm³/mol. The molecule has 0 spiro atoms. The summed E-state index contributed by atoms with van der Waals surface area (Å²) in [5.74, 6) is 0.646. The summed E-state index contributed by atoms with van der Waals surface area (Å²) in [4.78, 5) is 0. The van der Waals surface area contributed by atoms with Crippen LogP contribution in [0.3, 0.4) is 0 Å². The molecule has 3 nitrogen and oxygen atoms in total. The quantitative estimate of drug-likeness (QED) is 0.886. The molecule has 1 aromatic carbocycles. The van der Waals surface area contributed by atoms with Crippen LogP contribution in [0.25, 0.3) is 0 Å². The lowest BCUT2D eigenvalue weighted by Gasteiger charge is -2.20. The molecule has 1 heterocycles. The molecule has 0 amide bonds. The molecule has 1 aliphatic heterocycles. The summed E-state index contributed by atoms with van der Waals surface area (Å²) >= 11 is 5.92. The van der Waals surface area contributed by atoms with Gasteiger partial charge in [0.15, 0.2) is 0 Å². The highest BCUT2D eigenvalue weighted by atomic mass is 35.5. The first kappa shape index (κ1) is 11.7. The van der Waals surface area contributed by atoms with Crippen molar-refractivity contribution in [3.63, 3.8) is 0 Å². The Kier molecular flexibility index (Phi) is 3.69. The van der Waals surface area contributed by atoms with Crippen LogP contribution in [0.4, 0.5) is 0 Å². The topological polar surface area (TPSA) is 38.7 Å². The average Bonchev–Trinajstić information content (AvgIpc) is 2.81. The van der Waals surface area contributed by atoms with E-state index in [0.717, 1.165) is 12.8 Å². The third kappa shape index (κ3) is 2.32. The van der Waals surface area contributed by atoms with Crippen LogP contribution in [0.1, 0.15) is 24.5 Å². The van der Waals surface area contributed by atoms with Crippen LogP contribution in [0.15, 0.2) is 18.2 Å². The SMILES string of the molecule is COc1ccc(Cl)cc1C(O)C1CCCO1. The molecule has 0 radical (unpaired) electrons. The molecular weight excluding hydrogens is 228 g/mol. The second-order valence-corrected chi connectivity index (χ2v) is 4.32. The van der Waals surface area contributed by atoms with Crippen molar-refractivity contribution < 1.29 is 14.6 Å². The van der Waals surface area contributed by atoms with E-state index in [4.69, 9.17) is 21.1 Å². The van der Waals surface area contributed by atoms with Crippen molar-refractivity contribution in [3.05, 3.63) is 28.8 Å². The van der Waals surface area contributed by atoms with Crippen molar-refractivity contribution in [1.29, 1.82) is 0 Å². The number of aliphatic hydroxyl groups excluding tert-OH is 1. The first-order chi connectivity index (χ1) is 7.72. The Labute approximate surface area is 99.9 Å². The molecule has 1 aliphatic rings. The summed E-state index contributed by atoms with van der Waals surface area (Å²) in [5, 5.41) is 10.8. The summed E-state index contributed by atoms with van der Waals surface area (Å²) in [7, 11) is 1.58. The zero-order valence-corrected chi connectivity index (χ0v) is 9.91. The van der Waals surface area contributed by atoms with Gasteiger partial charge in [0.2, 0.25) is 0 Å². The Morgan fingerprint density at radius 3 is 3.00 bits per heavy atom. The number of methoxy groups -OCH3 is 1. The molecular formula is C12H15ClO3. The Balaban J connectivity index is 2.26. The Hall–Kier alpha value is -0.770. The first-order valence-corrected chi connectivity index (χ1v) is 5.73. The molecule has 2 unspecified atom stereocenters. The number of hydrogen-bond donors (Lipinski definition) is 1.